The molecule has 0 unspecified atom stereocenters. The molecule has 104 valence electrons. The number of hydrogen-bond acceptors (Lipinski definition) is 3. The third-order valence-corrected chi connectivity index (χ3v) is 2.68. The molecule has 0 atom stereocenters. The van der Waals surface area contributed by atoms with E-state index in [4.69, 9.17) is 9.47 Å². The van der Waals surface area contributed by atoms with Gasteiger partial charge in [-0.1, -0.05) is 13.3 Å². The second kappa shape index (κ2) is 8.19. The molecule has 0 fully saturated rings. The highest BCUT2D eigenvalue weighted by Crippen LogP contribution is 2.25. The van der Waals surface area contributed by atoms with E-state index in [-0.39, 0.29) is 5.91 Å². The van der Waals surface area contributed by atoms with Crippen molar-refractivity contribution >= 4 is 12.0 Å². The van der Waals surface area contributed by atoms with Crippen molar-refractivity contribution in [1.82, 2.24) is 5.32 Å². The molecule has 0 aliphatic heterocycles. The van der Waals surface area contributed by atoms with Crippen molar-refractivity contribution in [1.29, 1.82) is 0 Å². The summed E-state index contributed by atoms with van der Waals surface area (Å²) in [7, 11) is 3.19. The predicted molar refractivity (Wildman–Crippen MR) is 76.5 cm³/mol. The number of carbonyl (C=O) groups is 1. The lowest BCUT2D eigenvalue weighted by atomic mass is 10.1. The number of nitrogens with one attached hydrogen (secondary N) is 1. The lowest BCUT2D eigenvalue weighted by Crippen LogP contribution is -2.21. The van der Waals surface area contributed by atoms with Crippen molar-refractivity contribution in [2.75, 3.05) is 20.8 Å². The van der Waals surface area contributed by atoms with Crippen LogP contribution in [0.25, 0.3) is 6.08 Å². The molecule has 0 aromatic heterocycles. The third kappa shape index (κ3) is 5.04. The van der Waals surface area contributed by atoms with Crippen molar-refractivity contribution in [2.24, 2.45) is 0 Å². The largest absolute Gasteiger partial charge is 0.497 e. The van der Waals surface area contributed by atoms with Crippen molar-refractivity contribution in [3.8, 4) is 11.5 Å². The summed E-state index contributed by atoms with van der Waals surface area (Å²) in [6.45, 7) is 2.80. The Morgan fingerprint density at radius 2 is 2.11 bits per heavy atom. The summed E-state index contributed by atoms with van der Waals surface area (Å²) in [5.74, 6) is 1.31. The first-order chi connectivity index (χ1) is 9.21. The van der Waals surface area contributed by atoms with Gasteiger partial charge in [-0.2, -0.15) is 0 Å². The normalized spacial score (nSPS) is 10.5. The Morgan fingerprint density at radius 3 is 2.74 bits per heavy atom. The zero-order valence-electron chi connectivity index (χ0n) is 11.7. The Morgan fingerprint density at radius 1 is 1.32 bits per heavy atom. The smallest absolute Gasteiger partial charge is 0.244 e. The van der Waals surface area contributed by atoms with Gasteiger partial charge in [0.2, 0.25) is 5.91 Å². The monoisotopic (exact) mass is 263 g/mol. The van der Waals surface area contributed by atoms with Crippen LogP contribution in [0.15, 0.2) is 24.3 Å². The van der Waals surface area contributed by atoms with Crippen LogP contribution in [0.1, 0.15) is 25.3 Å². The first kappa shape index (κ1) is 15.1. The van der Waals surface area contributed by atoms with E-state index in [1.54, 1.807) is 26.4 Å². The highest BCUT2D eigenvalue weighted by molar-refractivity contribution is 5.92. The van der Waals surface area contributed by atoms with Crippen LogP contribution in [0.3, 0.4) is 0 Å². The van der Waals surface area contributed by atoms with Crippen LogP contribution in [0.4, 0.5) is 0 Å². The highest BCUT2D eigenvalue weighted by Gasteiger charge is 2.02. The van der Waals surface area contributed by atoms with Gasteiger partial charge in [0, 0.05) is 24.3 Å². The zero-order chi connectivity index (χ0) is 14.1. The predicted octanol–water partition coefficient (Wildman–Crippen LogP) is 2.63. The molecule has 0 aliphatic rings. The fraction of sp³-hybridized carbons (Fsp3) is 0.400. The van der Waals surface area contributed by atoms with Gasteiger partial charge in [0.15, 0.2) is 0 Å². The summed E-state index contributed by atoms with van der Waals surface area (Å²) in [5.41, 5.74) is 0.842. The van der Waals surface area contributed by atoms with Crippen molar-refractivity contribution in [3.05, 3.63) is 29.8 Å². The standard InChI is InChI=1S/C15H21NO3/c1-4-5-10-16-15(17)9-7-12-6-8-13(18-2)11-14(12)19-3/h6-9,11H,4-5,10H2,1-3H3,(H,16,17). The SMILES string of the molecule is CCCCNC(=O)C=Cc1ccc(OC)cc1OC. The second-order valence-electron chi connectivity index (χ2n) is 4.09. The average molecular weight is 263 g/mol. The van der Waals surface area contributed by atoms with E-state index in [9.17, 15) is 4.79 Å². The molecule has 0 saturated heterocycles. The van der Waals surface area contributed by atoms with E-state index in [1.165, 1.54) is 6.08 Å². The fourth-order valence-electron chi connectivity index (χ4n) is 1.57. The Hall–Kier alpha value is -1.97. The van der Waals surface area contributed by atoms with Crippen LogP contribution in [0.5, 0.6) is 11.5 Å². The Balaban J connectivity index is 2.67. The van der Waals surface area contributed by atoms with Gasteiger partial charge in [-0.05, 0) is 24.6 Å². The molecule has 0 saturated carbocycles. The van der Waals surface area contributed by atoms with E-state index in [2.05, 4.69) is 12.2 Å². The van der Waals surface area contributed by atoms with Gasteiger partial charge in [-0.15, -0.1) is 0 Å². The van der Waals surface area contributed by atoms with Crippen LogP contribution >= 0.6 is 0 Å². The Bertz CT molecular complexity index is 441. The van der Waals surface area contributed by atoms with Crippen molar-refractivity contribution in [3.63, 3.8) is 0 Å². The number of methoxy groups -OCH3 is 2. The molecule has 0 spiro atoms. The van der Waals surface area contributed by atoms with Gasteiger partial charge in [-0.25, -0.2) is 0 Å². The minimum absolute atomic E-state index is 0.0914. The van der Waals surface area contributed by atoms with Crippen LogP contribution < -0.4 is 14.8 Å². The summed E-state index contributed by atoms with van der Waals surface area (Å²) in [4.78, 5) is 11.6. The molecular formula is C15H21NO3. The summed E-state index contributed by atoms with van der Waals surface area (Å²) < 4.78 is 10.4. The molecule has 19 heavy (non-hydrogen) atoms. The lowest BCUT2D eigenvalue weighted by molar-refractivity contribution is -0.116. The van der Waals surface area contributed by atoms with Gasteiger partial charge in [0.05, 0.1) is 14.2 Å². The summed E-state index contributed by atoms with van der Waals surface area (Å²) in [6.07, 6.45) is 5.31. The molecule has 4 nitrogen and oxygen atoms in total. The first-order valence-corrected chi connectivity index (χ1v) is 6.39. The van der Waals surface area contributed by atoms with Gasteiger partial charge in [0.1, 0.15) is 11.5 Å². The molecule has 1 N–H and O–H groups in total. The van der Waals surface area contributed by atoms with E-state index in [0.29, 0.717) is 12.3 Å². The molecule has 0 radical (unpaired) electrons. The molecule has 0 heterocycles. The summed E-state index contributed by atoms with van der Waals surface area (Å²) >= 11 is 0. The Kier molecular flexibility index (Phi) is 6.50. The van der Waals surface area contributed by atoms with Crippen LogP contribution in [-0.4, -0.2) is 26.7 Å². The molecule has 1 rings (SSSR count). The molecule has 0 bridgehead atoms. The number of benzene rings is 1. The minimum atomic E-state index is -0.0914. The lowest BCUT2D eigenvalue weighted by Gasteiger charge is -2.07. The first-order valence-electron chi connectivity index (χ1n) is 6.39. The van der Waals surface area contributed by atoms with Crippen molar-refractivity contribution < 1.29 is 14.3 Å². The second-order valence-corrected chi connectivity index (χ2v) is 4.09. The number of unbranched alkanes of at least 4 members (excludes halogenated alkanes) is 1. The maximum absolute atomic E-state index is 11.6. The highest BCUT2D eigenvalue weighted by atomic mass is 16.5. The number of hydrogen-bond donors (Lipinski definition) is 1. The number of ether oxygens (including phenoxy) is 2. The van der Waals surface area contributed by atoms with E-state index < -0.39 is 0 Å². The van der Waals surface area contributed by atoms with E-state index in [1.807, 2.05) is 12.1 Å². The maximum Gasteiger partial charge on any atom is 0.244 e. The average Bonchev–Trinajstić information content (AvgIpc) is 2.45. The third-order valence-electron chi connectivity index (χ3n) is 2.68. The van der Waals surface area contributed by atoms with Gasteiger partial charge >= 0.3 is 0 Å². The van der Waals surface area contributed by atoms with Crippen molar-refractivity contribution in [2.45, 2.75) is 19.8 Å². The molecule has 1 amide bonds. The van der Waals surface area contributed by atoms with Gasteiger partial charge in [-0.3, -0.25) is 4.79 Å². The molecule has 4 heteroatoms. The Labute approximate surface area is 114 Å². The number of carbonyl (C=O) groups excluding carboxylic acids is 1. The number of amides is 1. The van der Waals surface area contributed by atoms with Gasteiger partial charge < -0.3 is 14.8 Å². The molecule has 0 aliphatic carbocycles. The van der Waals surface area contributed by atoms with E-state index >= 15 is 0 Å². The maximum atomic E-state index is 11.6. The summed E-state index contributed by atoms with van der Waals surface area (Å²) in [6, 6.07) is 5.47. The quantitative estimate of drug-likeness (QED) is 0.607. The summed E-state index contributed by atoms with van der Waals surface area (Å²) in [5, 5.41) is 2.82. The molecule has 1 aromatic carbocycles. The molecule has 1 aromatic rings. The minimum Gasteiger partial charge on any atom is -0.497 e. The van der Waals surface area contributed by atoms with Crippen LogP contribution in [0, 0.1) is 0 Å². The van der Waals surface area contributed by atoms with Crippen LogP contribution in [-0.2, 0) is 4.79 Å². The van der Waals surface area contributed by atoms with Crippen LogP contribution in [0.2, 0.25) is 0 Å². The van der Waals surface area contributed by atoms with Gasteiger partial charge in [0.25, 0.3) is 0 Å². The zero-order valence-corrected chi connectivity index (χ0v) is 11.7. The topological polar surface area (TPSA) is 47.6 Å². The fourth-order valence-corrected chi connectivity index (χ4v) is 1.57. The van der Waals surface area contributed by atoms with E-state index in [0.717, 1.165) is 24.2 Å². The molecular weight excluding hydrogens is 242 g/mol. The number of rotatable bonds is 7.